The molecule has 0 spiro atoms. The van der Waals surface area contributed by atoms with Gasteiger partial charge in [0.05, 0.1) is 26.3 Å². The van der Waals surface area contributed by atoms with Gasteiger partial charge in [0.2, 0.25) is 17.7 Å². The van der Waals surface area contributed by atoms with Crippen LogP contribution in [0.4, 0.5) is 0 Å². The molecule has 2 aliphatic rings. The first kappa shape index (κ1) is 26.7. The summed E-state index contributed by atoms with van der Waals surface area (Å²) in [4.78, 5) is 43.4. The number of likely N-dealkylation sites (tertiary alicyclic amines) is 1. The van der Waals surface area contributed by atoms with Crippen molar-refractivity contribution in [2.75, 3.05) is 85.2 Å². The summed E-state index contributed by atoms with van der Waals surface area (Å²) in [7, 11) is 0. The van der Waals surface area contributed by atoms with Gasteiger partial charge in [-0.15, -0.1) is 0 Å². The lowest BCUT2D eigenvalue weighted by Crippen LogP contribution is -2.50. The Morgan fingerprint density at radius 2 is 1.66 bits per heavy atom. The number of nitrogens with one attached hydrogen (secondary N) is 3. The van der Waals surface area contributed by atoms with Crippen LogP contribution in [0.5, 0.6) is 0 Å². The van der Waals surface area contributed by atoms with E-state index in [4.69, 9.17) is 4.74 Å². The van der Waals surface area contributed by atoms with Gasteiger partial charge >= 0.3 is 0 Å². The van der Waals surface area contributed by atoms with E-state index < -0.39 is 5.91 Å². The molecule has 2 aliphatic heterocycles. The number of carbonyl (C=O) groups is 3. The van der Waals surface area contributed by atoms with E-state index in [1.807, 2.05) is 13.8 Å². The number of morpholine rings is 1. The van der Waals surface area contributed by atoms with Gasteiger partial charge in [-0.2, -0.15) is 0 Å². The molecular formula is C22H42N6O4. The summed E-state index contributed by atoms with van der Waals surface area (Å²) in [5.41, 5.74) is 0. The van der Waals surface area contributed by atoms with Crippen LogP contribution >= 0.6 is 0 Å². The predicted molar refractivity (Wildman–Crippen MR) is 123 cm³/mol. The first-order valence-electron chi connectivity index (χ1n) is 12.0. The van der Waals surface area contributed by atoms with Crippen LogP contribution in [0.3, 0.4) is 0 Å². The molecule has 10 nitrogen and oxygen atoms in total. The maximum Gasteiger partial charge on any atom is 0.246 e. The molecule has 32 heavy (non-hydrogen) atoms. The van der Waals surface area contributed by atoms with Gasteiger partial charge in [0, 0.05) is 45.3 Å². The number of hydrogen-bond acceptors (Lipinski definition) is 8. The molecule has 0 aromatic rings. The minimum Gasteiger partial charge on any atom is -0.379 e. The van der Waals surface area contributed by atoms with Crippen molar-refractivity contribution in [3.63, 3.8) is 0 Å². The molecule has 2 fully saturated rings. The molecule has 10 heteroatoms. The van der Waals surface area contributed by atoms with Crippen molar-refractivity contribution in [3.8, 4) is 0 Å². The highest BCUT2D eigenvalue weighted by Crippen LogP contribution is 2.05. The van der Waals surface area contributed by atoms with E-state index in [0.717, 1.165) is 45.7 Å². The first-order chi connectivity index (χ1) is 15.5. The van der Waals surface area contributed by atoms with Gasteiger partial charge in [0.25, 0.3) is 0 Å². The molecule has 0 bridgehead atoms. The third-order valence-corrected chi connectivity index (χ3v) is 6.06. The Kier molecular flexibility index (Phi) is 12.7. The Labute approximate surface area is 192 Å². The Balaban J connectivity index is 1.78. The second-order valence-electron chi connectivity index (χ2n) is 8.66. The molecule has 0 aromatic heterocycles. The standard InChI is InChI=1S/C22H42N6O4/c1-3-19(2)24-16-20(29)25-21(30)18-28(11-10-27-12-14-32-15-13-27)22(31)17-23-6-9-26-7-4-5-8-26/h19,23-24H,3-18H2,1-2H3,(H,25,29,30). The lowest BCUT2D eigenvalue weighted by Gasteiger charge is -2.30. The topological polar surface area (TPSA) is 106 Å². The van der Waals surface area contributed by atoms with E-state index in [0.29, 0.717) is 26.3 Å². The summed E-state index contributed by atoms with van der Waals surface area (Å²) < 4.78 is 5.37. The molecular weight excluding hydrogens is 412 g/mol. The fraction of sp³-hybridized carbons (Fsp3) is 0.864. The number of ether oxygens (including phenoxy) is 1. The smallest absolute Gasteiger partial charge is 0.246 e. The van der Waals surface area contributed by atoms with E-state index in [1.165, 1.54) is 12.8 Å². The minimum atomic E-state index is -0.451. The van der Waals surface area contributed by atoms with Crippen LogP contribution < -0.4 is 16.0 Å². The van der Waals surface area contributed by atoms with E-state index in [-0.39, 0.29) is 37.5 Å². The first-order valence-corrected chi connectivity index (χ1v) is 12.0. The van der Waals surface area contributed by atoms with Crippen molar-refractivity contribution in [1.29, 1.82) is 0 Å². The zero-order valence-corrected chi connectivity index (χ0v) is 19.9. The summed E-state index contributed by atoms with van der Waals surface area (Å²) in [6.45, 7) is 12.2. The highest BCUT2D eigenvalue weighted by molar-refractivity contribution is 5.98. The highest BCUT2D eigenvalue weighted by Gasteiger charge is 2.20. The molecule has 0 radical (unpaired) electrons. The lowest BCUT2D eigenvalue weighted by molar-refractivity contribution is -0.138. The quantitative estimate of drug-likeness (QED) is 0.283. The van der Waals surface area contributed by atoms with Crippen LogP contribution in [0.25, 0.3) is 0 Å². The van der Waals surface area contributed by atoms with Gasteiger partial charge in [0.15, 0.2) is 0 Å². The molecule has 184 valence electrons. The van der Waals surface area contributed by atoms with Crippen molar-refractivity contribution < 1.29 is 19.1 Å². The lowest BCUT2D eigenvalue weighted by atomic mass is 10.2. The summed E-state index contributed by atoms with van der Waals surface area (Å²) in [6.07, 6.45) is 3.39. The van der Waals surface area contributed by atoms with Gasteiger partial charge in [-0.25, -0.2) is 0 Å². The van der Waals surface area contributed by atoms with E-state index in [9.17, 15) is 14.4 Å². The van der Waals surface area contributed by atoms with Crippen LogP contribution in [-0.4, -0.2) is 124 Å². The normalized spacial score (nSPS) is 18.4. The predicted octanol–water partition coefficient (Wildman–Crippen LogP) is -1.14. The number of rotatable bonds is 14. The molecule has 0 aromatic carbocycles. The third-order valence-electron chi connectivity index (χ3n) is 6.06. The SMILES string of the molecule is CCC(C)NCC(=O)NC(=O)CN(CCN1CCOCC1)C(=O)CNCCN1CCCC1. The molecule has 3 N–H and O–H groups in total. The van der Waals surface area contributed by atoms with Crippen molar-refractivity contribution in [1.82, 2.24) is 30.7 Å². The maximum atomic E-state index is 12.8. The van der Waals surface area contributed by atoms with Crippen molar-refractivity contribution >= 4 is 17.7 Å². The number of hydrogen-bond donors (Lipinski definition) is 3. The monoisotopic (exact) mass is 454 g/mol. The van der Waals surface area contributed by atoms with Crippen LogP contribution in [0, 0.1) is 0 Å². The fourth-order valence-corrected chi connectivity index (χ4v) is 3.75. The Hall–Kier alpha value is -1.59. The number of carbonyl (C=O) groups excluding carboxylic acids is 3. The van der Waals surface area contributed by atoms with E-state index in [2.05, 4.69) is 25.8 Å². The highest BCUT2D eigenvalue weighted by atomic mass is 16.5. The summed E-state index contributed by atoms with van der Waals surface area (Å²) in [5, 5.41) is 8.66. The van der Waals surface area contributed by atoms with Crippen LogP contribution in [-0.2, 0) is 19.1 Å². The fourth-order valence-electron chi connectivity index (χ4n) is 3.75. The van der Waals surface area contributed by atoms with Gasteiger partial charge in [0.1, 0.15) is 6.54 Å². The molecule has 2 rings (SSSR count). The van der Waals surface area contributed by atoms with Gasteiger partial charge in [-0.3, -0.25) is 24.6 Å². The molecule has 0 aliphatic carbocycles. The Morgan fingerprint density at radius 3 is 2.34 bits per heavy atom. The van der Waals surface area contributed by atoms with Gasteiger partial charge < -0.3 is 25.2 Å². The average Bonchev–Trinajstić information content (AvgIpc) is 3.32. The zero-order valence-electron chi connectivity index (χ0n) is 19.9. The van der Waals surface area contributed by atoms with Crippen LogP contribution in [0.1, 0.15) is 33.1 Å². The van der Waals surface area contributed by atoms with Crippen LogP contribution in [0.2, 0.25) is 0 Å². The Morgan fingerprint density at radius 1 is 0.969 bits per heavy atom. The number of nitrogens with zero attached hydrogens (tertiary/aromatic N) is 3. The molecule has 0 saturated carbocycles. The minimum absolute atomic E-state index is 0.0839. The number of amides is 3. The second-order valence-corrected chi connectivity index (χ2v) is 8.66. The van der Waals surface area contributed by atoms with Gasteiger partial charge in [-0.1, -0.05) is 6.92 Å². The van der Waals surface area contributed by atoms with Crippen molar-refractivity contribution in [2.24, 2.45) is 0 Å². The van der Waals surface area contributed by atoms with Crippen molar-refractivity contribution in [2.45, 2.75) is 39.2 Å². The third kappa shape index (κ3) is 10.8. The Bertz CT molecular complexity index is 579. The van der Waals surface area contributed by atoms with Gasteiger partial charge in [-0.05, 0) is 39.3 Å². The largest absolute Gasteiger partial charge is 0.379 e. The molecule has 3 amide bonds. The summed E-state index contributed by atoms with van der Waals surface area (Å²) >= 11 is 0. The second kappa shape index (κ2) is 15.3. The molecule has 2 heterocycles. The van der Waals surface area contributed by atoms with Crippen LogP contribution in [0.15, 0.2) is 0 Å². The van der Waals surface area contributed by atoms with E-state index in [1.54, 1.807) is 4.90 Å². The summed E-state index contributed by atoms with van der Waals surface area (Å²) in [6, 6.07) is 0.203. The average molecular weight is 455 g/mol. The molecule has 1 unspecified atom stereocenters. The summed E-state index contributed by atoms with van der Waals surface area (Å²) in [5.74, 6) is -0.951. The van der Waals surface area contributed by atoms with E-state index >= 15 is 0 Å². The maximum absolute atomic E-state index is 12.8. The number of imide groups is 1. The van der Waals surface area contributed by atoms with Crippen molar-refractivity contribution in [3.05, 3.63) is 0 Å². The zero-order chi connectivity index (χ0) is 23.2. The molecule has 2 saturated heterocycles. The molecule has 1 atom stereocenters.